The molecule has 100 valence electrons. The average Bonchev–Trinajstić information content (AvgIpc) is 2.44. The molecule has 0 amide bonds. The van der Waals surface area contributed by atoms with E-state index in [4.69, 9.17) is 0 Å². The van der Waals surface area contributed by atoms with Gasteiger partial charge in [0.15, 0.2) is 0 Å². The highest BCUT2D eigenvalue weighted by Gasteiger charge is 2.03. The molecule has 2 aromatic rings. The summed E-state index contributed by atoms with van der Waals surface area (Å²) in [4.78, 5) is 9.94. The van der Waals surface area contributed by atoms with Gasteiger partial charge < -0.3 is 10.6 Å². The quantitative estimate of drug-likeness (QED) is 0.814. The highest BCUT2D eigenvalue weighted by Crippen LogP contribution is 2.22. The van der Waals surface area contributed by atoms with E-state index in [9.17, 15) is 0 Å². The van der Waals surface area contributed by atoms with Crippen LogP contribution in [0.1, 0.15) is 12.5 Å². The van der Waals surface area contributed by atoms with E-state index in [1.54, 1.807) is 11.8 Å². The molecule has 19 heavy (non-hydrogen) atoms. The third-order valence-corrected chi connectivity index (χ3v) is 3.40. The van der Waals surface area contributed by atoms with Crippen molar-refractivity contribution in [3.05, 3.63) is 36.0 Å². The Kier molecular flexibility index (Phi) is 4.63. The van der Waals surface area contributed by atoms with Crippen LogP contribution in [-0.2, 0) is 0 Å². The maximum absolute atomic E-state index is 4.46. The van der Waals surface area contributed by atoms with E-state index in [0.717, 1.165) is 23.6 Å². The van der Waals surface area contributed by atoms with E-state index in [1.165, 1.54) is 4.90 Å². The van der Waals surface area contributed by atoms with Crippen LogP contribution in [0.4, 0.5) is 17.5 Å². The predicted octanol–water partition coefficient (Wildman–Crippen LogP) is 3.68. The molecule has 0 spiro atoms. The molecule has 0 unspecified atom stereocenters. The minimum absolute atomic E-state index is 0.649. The molecule has 5 heteroatoms. The van der Waals surface area contributed by atoms with Crippen molar-refractivity contribution in [3.8, 4) is 0 Å². The van der Waals surface area contributed by atoms with Crippen molar-refractivity contribution in [2.24, 2.45) is 0 Å². The first kappa shape index (κ1) is 13.7. The SMILES string of the molecule is CCNc1ncc(C)c(Nc2ccc(SC)cc2)n1. The van der Waals surface area contributed by atoms with Crippen LogP contribution in [0.25, 0.3) is 0 Å². The van der Waals surface area contributed by atoms with Crippen LogP contribution in [0, 0.1) is 6.92 Å². The van der Waals surface area contributed by atoms with Crippen LogP contribution in [0.3, 0.4) is 0 Å². The molecular weight excluding hydrogens is 256 g/mol. The number of aromatic nitrogens is 2. The Hall–Kier alpha value is -1.75. The second-order valence-corrected chi connectivity index (χ2v) is 4.99. The normalized spacial score (nSPS) is 10.3. The summed E-state index contributed by atoms with van der Waals surface area (Å²) in [5.41, 5.74) is 2.05. The molecule has 0 aliphatic rings. The van der Waals surface area contributed by atoms with Gasteiger partial charge in [-0.25, -0.2) is 4.98 Å². The van der Waals surface area contributed by atoms with E-state index in [0.29, 0.717) is 5.95 Å². The summed E-state index contributed by atoms with van der Waals surface area (Å²) in [5.74, 6) is 1.49. The molecule has 0 bridgehead atoms. The maximum atomic E-state index is 4.46. The lowest BCUT2D eigenvalue weighted by Gasteiger charge is -2.10. The summed E-state index contributed by atoms with van der Waals surface area (Å²) in [5, 5.41) is 6.44. The molecule has 0 saturated carbocycles. The van der Waals surface area contributed by atoms with Crippen molar-refractivity contribution in [1.29, 1.82) is 0 Å². The fraction of sp³-hybridized carbons (Fsp3) is 0.286. The lowest BCUT2D eigenvalue weighted by Crippen LogP contribution is -2.05. The van der Waals surface area contributed by atoms with Crippen LogP contribution >= 0.6 is 11.8 Å². The molecule has 0 saturated heterocycles. The summed E-state index contributed by atoms with van der Waals surface area (Å²) in [6.45, 7) is 4.83. The Morgan fingerprint density at radius 2 is 1.95 bits per heavy atom. The first-order valence-corrected chi connectivity index (χ1v) is 7.44. The smallest absolute Gasteiger partial charge is 0.224 e. The molecule has 1 heterocycles. The fourth-order valence-electron chi connectivity index (χ4n) is 1.62. The van der Waals surface area contributed by atoms with Crippen LogP contribution in [-0.4, -0.2) is 22.8 Å². The summed E-state index contributed by atoms with van der Waals surface area (Å²) < 4.78 is 0. The van der Waals surface area contributed by atoms with E-state index in [-0.39, 0.29) is 0 Å². The summed E-state index contributed by atoms with van der Waals surface area (Å²) in [6.07, 6.45) is 3.89. The standard InChI is InChI=1S/C14H18N4S/c1-4-15-14-16-9-10(2)13(18-14)17-11-5-7-12(19-3)8-6-11/h5-9H,4H2,1-3H3,(H2,15,16,17,18). The van der Waals surface area contributed by atoms with Gasteiger partial charge in [-0.2, -0.15) is 4.98 Å². The van der Waals surface area contributed by atoms with Gasteiger partial charge in [0.2, 0.25) is 5.95 Å². The van der Waals surface area contributed by atoms with Crippen molar-refractivity contribution in [2.45, 2.75) is 18.7 Å². The molecule has 1 aromatic heterocycles. The van der Waals surface area contributed by atoms with Gasteiger partial charge in [-0.1, -0.05) is 0 Å². The predicted molar refractivity (Wildman–Crippen MR) is 82.4 cm³/mol. The zero-order valence-electron chi connectivity index (χ0n) is 11.4. The number of benzene rings is 1. The first-order valence-electron chi connectivity index (χ1n) is 6.21. The van der Waals surface area contributed by atoms with Gasteiger partial charge in [0, 0.05) is 28.9 Å². The Morgan fingerprint density at radius 3 is 2.58 bits per heavy atom. The Balaban J connectivity index is 2.18. The Labute approximate surface area is 118 Å². The minimum atomic E-state index is 0.649. The van der Waals surface area contributed by atoms with E-state index in [1.807, 2.05) is 20.0 Å². The van der Waals surface area contributed by atoms with Crippen LogP contribution in [0.15, 0.2) is 35.4 Å². The number of thioether (sulfide) groups is 1. The Morgan fingerprint density at radius 1 is 1.21 bits per heavy atom. The topological polar surface area (TPSA) is 49.8 Å². The highest BCUT2D eigenvalue weighted by atomic mass is 32.2. The number of aryl methyl sites for hydroxylation is 1. The van der Waals surface area contributed by atoms with Crippen molar-refractivity contribution < 1.29 is 0 Å². The number of rotatable bonds is 5. The molecule has 0 fully saturated rings. The fourth-order valence-corrected chi connectivity index (χ4v) is 2.03. The lowest BCUT2D eigenvalue weighted by molar-refractivity contribution is 1.07. The number of hydrogen-bond acceptors (Lipinski definition) is 5. The molecule has 1 aromatic carbocycles. The zero-order chi connectivity index (χ0) is 13.7. The van der Waals surface area contributed by atoms with Crippen molar-refractivity contribution in [1.82, 2.24) is 9.97 Å². The molecule has 0 radical (unpaired) electrons. The monoisotopic (exact) mass is 274 g/mol. The summed E-state index contributed by atoms with van der Waals surface area (Å²) in [7, 11) is 0. The minimum Gasteiger partial charge on any atom is -0.354 e. The van der Waals surface area contributed by atoms with E-state index >= 15 is 0 Å². The molecule has 0 atom stereocenters. The second kappa shape index (κ2) is 6.43. The van der Waals surface area contributed by atoms with Gasteiger partial charge in [0.1, 0.15) is 5.82 Å². The lowest BCUT2D eigenvalue weighted by atomic mass is 10.3. The first-order chi connectivity index (χ1) is 9.22. The van der Waals surface area contributed by atoms with Gasteiger partial charge >= 0.3 is 0 Å². The largest absolute Gasteiger partial charge is 0.354 e. The summed E-state index contributed by atoms with van der Waals surface area (Å²) >= 11 is 1.73. The van der Waals surface area contributed by atoms with Gasteiger partial charge in [0.25, 0.3) is 0 Å². The van der Waals surface area contributed by atoms with Gasteiger partial charge in [0.05, 0.1) is 0 Å². The van der Waals surface area contributed by atoms with Crippen molar-refractivity contribution in [2.75, 3.05) is 23.4 Å². The summed E-state index contributed by atoms with van der Waals surface area (Å²) in [6, 6.07) is 8.30. The van der Waals surface area contributed by atoms with Crippen molar-refractivity contribution in [3.63, 3.8) is 0 Å². The molecule has 0 aliphatic heterocycles. The second-order valence-electron chi connectivity index (χ2n) is 4.11. The van der Waals surface area contributed by atoms with Crippen molar-refractivity contribution >= 4 is 29.2 Å². The molecule has 4 nitrogen and oxygen atoms in total. The molecule has 0 aliphatic carbocycles. The van der Waals surface area contributed by atoms with E-state index < -0.39 is 0 Å². The maximum Gasteiger partial charge on any atom is 0.224 e. The average molecular weight is 274 g/mol. The van der Waals surface area contributed by atoms with Gasteiger partial charge in [-0.15, -0.1) is 11.8 Å². The Bertz CT molecular complexity index is 540. The van der Waals surface area contributed by atoms with Crippen LogP contribution in [0.2, 0.25) is 0 Å². The number of nitrogens with one attached hydrogen (secondary N) is 2. The third-order valence-electron chi connectivity index (χ3n) is 2.66. The molecule has 2 N–H and O–H groups in total. The number of anilines is 3. The third kappa shape index (κ3) is 3.61. The van der Waals surface area contributed by atoms with Gasteiger partial charge in [-0.05, 0) is 44.4 Å². The van der Waals surface area contributed by atoms with Crippen LogP contribution < -0.4 is 10.6 Å². The number of hydrogen-bond donors (Lipinski definition) is 2. The molecule has 2 rings (SSSR count). The highest BCUT2D eigenvalue weighted by molar-refractivity contribution is 7.98. The van der Waals surface area contributed by atoms with Gasteiger partial charge in [-0.3, -0.25) is 0 Å². The van der Waals surface area contributed by atoms with E-state index in [2.05, 4.69) is 51.1 Å². The zero-order valence-corrected chi connectivity index (χ0v) is 12.2. The molecular formula is C14H18N4S. The number of nitrogens with zero attached hydrogens (tertiary/aromatic N) is 2. The van der Waals surface area contributed by atoms with Crippen LogP contribution in [0.5, 0.6) is 0 Å².